The predicted octanol–water partition coefficient (Wildman–Crippen LogP) is 3.36. The third-order valence-corrected chi connectivity index (χ3v) is 5.01. The van der Waals surface area contributed by atoms with E-state index in [2.05, 4.69) is 16.3 Å². The van der Waals surface area contributed by atoms with Gasteiger partial charge >= 0.3 is 0 Å². The van der Waals surface area contributed by atoms with Crippen LogP contribution in [0.2, 0.25) is 5.02 Å². The van der Waals surface area contributed by atoms with E-state index >= 15 is 0 Å². The van der Waals surface area contributed by atoms with Crippen LogP contribution >= 0.6 is 11.6 Å². The van der Waals surface area contributed by atoms with Gasteiger partial charge in [-0.15, -0.1) is 0 Å². The minimum absolute atomic E-state index is 0.000584. The highest BCUT2D eigenvalue weighted by atomic mass is 35.5. The molecule has 0 spiro atoms. The molecular formula is C20H22ClN3O4. The van der Waals surface area contributed by atoms with E-state index in [1.54, 1.807) is 0 Å². The predicted molar refractivity (Wildman–Crippen MR) is 107 cm³/mol. The first-order chi connectivity index (χ1) is 13.5. The van der Waals surface area contributed by atoms with E-state index in [1.807, 2.05) is 25.1 Å². The number of nitro benzene ring substituents is 1. The Morgan fingerprint density at radius 3 is 2.71 bits per heavy atom. The Balaban J connectivity index is 1.80. The van der Waals surface area contributed by atoms with Crippen LogP contribution in [0.5, 0.6) is 0 Å². The Hall–Kier alpha value is -2.48. The van der Waals surface area contributed by atoms with Gasteiger partial charge in [0.05, 0.1) is 24.2 Å². The third kappa shape index (κ3) is 4.86. The van der Waals surface area contributed by atoms with E-state index in [0.717, 1.165) is 24.2 Å². The molecule has 1 saturated heterocycles. The average molecular weight is 404 g/mol. The van der Waals surface area contributed by atoms with Crippen LogP contribution in [0.1, 0.15) is 27.5 Å². The number of nitro groups is 1. The smallest absolute Gasteiger partial charge is 0.283 e. The first kappa shape index (κ1) is 20.3. The lowest BCUT2D eigenvalue weighted by Gasteiger charge is -2.35. The van der Waals surface area contributed by atoms with Crippen molar-refractivity contribution >= 4 is 23.2 Å². The molecule has 3 rings (SSSR count). The van der Waals surface area contributed by atoms with E-state index < -0.39 is 10.8 Å². The molecule has 1 unspecified atom stereocenters. The quantitative estimate of drug-likeness (QED) is 0.590. The molecule has 1 fully saturated rings. The van der Waals surface area contributed by atoms with Crippen molar-refractivity contribution in [3.8, 4) is 0 Å². The molecule has 28 heavy (non-hydrogen) atoms. The summed E-state index contributed by atoms with van der Waals surface area (Å²) >= 11 is 5.83. The molecule has 2 aromatic rings. The normalized spacial score (nSPS) is 15.8. The summed E-state index contributed by atoms with van der Waals surface area (Å²) in [5.74, 6) is -0.491. The minimum atomic E-state index is -0.596. The number of benzene rings is 2. The maximum absolute atomic E-state index is 12.7. The van der Waals surface area contributed by atoms with E-state index in [4.69, 9.17) is 16.3 Å². The molecule has 1 N–H and O–H groups in total. The molecule has 148 valence electrons. The van der Waals surface area contributed by atoms with Crippen molar-refractivity contribution in [1.29, 1.82) is 0 Å². The fraction of sp³-hybridized carbons (Fsp3) is 0.350. The van der Waals surface area contributed by atoms with Crippen LogP contribution in [0.4, 0.5) is 5.69 Å². The zero-order valence-corrected chi connectivity index (χ0v) is 16.3. The monoisotopic (exact) mass is 403 g/mol. The van der Waals surface area contributed by atoms with Crippen LogP contribution in [0.3, 0.4) is 0 Å². The molecule has 0 aromatic heterocycles. The highest BCUT2D eigenvalue weighted by molar-refractivity contribution is 6.31. The van der Waals surface area contributed by atoms with Gasteiger partial charge in [0.25, 0.3) is 11.6 Å². The number of nitrogens with zero attached hydrogens (tertiary/aromatic N) is 2. The van der Waals surface area contributed by atoms with Gasteiger partial charge in [-0.05, 0) is 24.6 Å². The lowest BCUT2D eigenvalue weighted by molar-refractivity contribution is -0.385. The van der Waals surface area contributed by atoms with Gasteiger partial charge < -0.3 is 10.1 Å². The Morgan fingerprint density at radius 1 is 1.29 bits per heavy atom. The number of carbonyl (C=O) groups is 1. The molecular weight excluding hydrogens is 382 g/mol. The summed E-state index contributed by atoms with van der Waals surface area (Å²) in [5, 5.41) is 14.3. The molecule has 7 nitrogen and oxygen atoms in total. The molecule has 2 aromatic carbocycles. The van der Waals surface area contributed by atoms with Crippen LogP contribution < -0.4 is 5.32 Å². The van der Waals surface area contributed by atoms with E-state index in [0.29, 0.717) is 19.8 Å². The number of hydrogen-bond donors (Lipinski definition) is 1. The summed E-state index contributed by atoms with van der Waals surface area (Å²) in [5.41, 5.74) is 1.92. The molecule has 0 aliphatic carbocycles. The average Bonchev–Trinajstić information content (AvgIpc) is 2.69. The van der Waals surface area contributed by atoms with Gasteiger partial charge in [0.1, 0.15) is 5.56 Å². The van der Waals surface area contributed by atoms with Gasteiger partial charge in [0, 0.05) is 30.7 Å². The Morgan fingerprint density at radius 2 is 2.04 bits per heavy atom. The van der Waals surface area contributed by atoms with E-state index in [1.165, 1.54) is 18.2 Å². The van der Waals surface area contributed by atoms with Crippen LogP contribution in [-0.4, -0.2) is 48.6 Å². The Kier molecular flexibility index (Phi) is 6.61. The van der Waals surface area contributed by atoms with Crippen molar-refractivity contribution in [1.82, 2.24) is 10.2 Å². The minimum Gasteiger partial charge on any atom is -0.379 e. The lowest BCUT2D eigenvalue weighted by Crippen LogP contribution is -2.43. The fourth-order valence-electron chi connectivity index (χ4n) is 3.36. The van der Waals surface area contributed by atoms with Crippen molar-refractivity contribution in [3.63, 3.8) is 0 Å². The Bertz CT molecular complexity index is 868. The highest BCUT2D eigenvalue weighted by Crippen LogP contribution is 2.25. The van der Waals surface area contributed by atoms with Crippen LogP contribution in [0.15, 0.2) is 42.5 Å². The largest absolute Gasteiger partial charge is 0.379 e. The molecule has 8 heteroatoms. The summed E-state index contributed by atoms with van der Waals surface area (Å²) in [7, 11) is 0. The summed E-state index contributed by atoms with van der Waals surface area (Å²) < 4.78 is 5.44. The first-order valence-corrected chi connectivity index (χ1v) is 9.44. The molecule has 1 aliphatic rings. The topological polar surface area (TPSA) is 84.7 Å². The Labute approximate surface area is 168 Å². The zero-order chi connectivity index (χ0) is 20.1. The highest BCUT2D eigenvalue weighted by Gasteiger charge is 2.25. The number of hydrogen-bond acceptors (Lipinski definition) is 5. The number of ether oxygens (including phenoxy) is 1. The standard InChI is InChI=1S/C20H22ClN3O4/c1-14-3-2-4-15(11-14)19(23-7-9-28-10-8-23)13-22-20(25)17-6-5-16(21)12-18(17)24(26)27/h2-6,11-12,19H,7-10,13H2,1H3,(H,22,25). The van der Waals surface area contributed by atoms with Gasteiger partial charge in [0.2, 0.25) is 0 Å². The second kappa shape index (κ2) is 9.14. The zero-order valence-electron chi connectivity index (χ0n) is 15.6. The van der Waals surface area contributed by atoms with E-state index in [-0.39, 0.29) is 22.3 Å². The summed E-state index contributed by atoms with van der Waals surface area (Å²) in [6.45, 7) is 5.15. The SMILES string of the molecule is Cc1cccc(C(CNC(=O)c2ccc(Cl)cc2[N+](=O)[O-])N2CCOCC2)c1. The number of halogens is 1. The van der Waals surface area contributed by atoms with Crippen LogP contribution in [-0.2, 0) is 4.74 Å². The maximum Gasteiger partial charge on any atom is 0.283 e. The van der Waals surface area contributed by atoms with Crippen LogP contribution in [0.25, 0.3) is 0 Å². The number of rotatable bonds is 6. The van der Waals surface area contributed by atoms with Crippen LogP contribution in [0, 0.1) is 17.0 Å². The van der Waals surface area contributed by atoms with Gasteiger partial charge in [-0.3, -0.25) is 19.8 Å². The molecule has 1 aliphatic heterocycles. The molecule has 0 saturated carbocycles. The second-order valence-electron chi connectivity index (χ2n) is 6.71. The van der Waals surface area contributed by atoms with E-state index in [9.17, 15) is 14.9 Å². The first-order valence-electron chi connectivity index (χ1n) is 9.06. The van der Waals surface area contributed by atoms with Crippen molar-refractivity contribution in [2.24, 2.45) is 0 Å². The third-order valence-electron chi connectivity index (χ3n) is 4.77. The summed E-state index contributed by atoms with van der Waals surface area (Å²) in [4.78, 5) is 25.6. The molecule has 1 heterocycles. The van der Waals surface area contributed by atoms with Crippen molar-refractivity contribution < 1.29 is 14.5 Å². The molecule has 0 bridgehead atoms. The fourth-order valence-corrected chi connectivity index (χ4v) is 3.52. The number of nitrogens with one attached hydrogen (secondary N) is 1. The van der Waals surface area contributed by atoms with Crippen molar-refractivity contribution in [3.05, 3.63) is 74.3 Å². The van der Waals surface area contributed by atoms with Crippen molar-refractivity contribution in [2.45, 2.75) is 13.0 Å². The van der Waals surface area contributed by atoms with Crippen molar-refractivity contribution in [2.75, 3.05) is 32.8 Å². The molecule has 1 amide bonds. The van der Waals surface area contributed by atoms with Gasteiger partial charge in [-0.25, -0.2) is 0 Å². The summed E-state index contributed by atoms with van der Waals surface area (Å²) in [6, 6.07) is 12.1. The molecule has 0 radical (unpaired) electrons. The second-order valence-corrected chi connectivity index (χ2v) is 7.14. The number of aryl methyl sites for hydroxylation is 1. The summed E-state index contributed by atoms with van der Waals surface area (Å²) in [6.07, 6.45) is 0. The molecule has 1 atom stereocenters. The maximum atomic E-state index is 12.7. The number of carbonyl (C=O) groups excluding carboxylic acids is 1. The number of morpholine rings is 1. The number of amides is 1. The van der Waals surface area contributed by atoms with Gasteiger partial charge in [0.15, 0.2) is 0 Å². The lowest BCUT2D eigenvalue weighted by atomic mass is 10.0. The van der Waals surface area contributed by atoms with Gasteiger partial charge in [-0.2, -0.15) is 0 Å². The van der Waals surface area contributed by atoms with Gasteiger partial charge in [-0.1, -0.05) is 41.4 Å².